The molecule has 0 spiro atoms. The monoisotopic (exact) mass is 189 g/mol. The minimum Gasteiger partial charge on any atom is -0.294 e. The molecule has 0 N–H and O–H groups in total. The predicted octanol–water partition coefficient (Wildman–Crippen LogP) is 3.23. The molecule has 1 aromatic rings. The number of benzene rings is 1. The maximum atomic E-state index is 2.61. The van der Waals surface area contributed by atoms with Gasteiger partial charge in [0.05, 0.1) is 0 Å². The highest BCUT2D eigenvalue weighted by Crippen LogP contribution is 2.35. The molecule has 14 heavy (non-hydrogen) atoms. The van der Waals surface area contributed by atoms with Crippen molar-refractivity contribution in [3.8, 4) is 0 Å². The first-order chi connectivity index (χ1) is 6.83. The van der Waals surface area contributed by atoms with Crippen LogP contribution in [0.15, 0.2) is 30.3 Å². The van der Waals surface area contributed by atoms with Crippen LogP contribution in [-0.2, 0) is 0 Å². The molecule has 1 saturated heterocycles. The van der Waals surface area contributed by atoms with Gasteiger partial charge in [-0.1, -0.05) is 37.3 Å². The third-order valence-electron chi connectivity index (χ3n) is 3.37. The summed E-state index contributed by atoms with van der Waals surface area (Å²) in [6, 6.07) is 12.3. The van der Waals surface area contributed by atoms with Crippen LogP contribution in [0.4, 0.5) is 0 Å². The van der Waals surface area contributed by atoms with Crippen molar-refractivity contribution in [2.45, 2.75) is 38.8 Å². The van der Waals surface area contributed by atoms with Crippen molar-refractivity contribution >= 4 is 0 Å². The first-order valence-corrected chi connectivity index (χ1v) is 5.63. The minimum atomic E-state index is 0.663. The van der Waals surface area contributed by atoms with E-state index in [2.05, 4.69) is 49.1 Å². The molecule has 0 amide bonds. The first-order valence-electron chi connectivity index (χ1n) is 5.63. The SMILES string of the molecule is CCN1[C@@H](C)CC[C@H]1c1ccccc1. The van der Waals surface area contributed by atoms with Crippen LogP contribution in [0.2, 0.25) is 0 Å². The van der Waals surface area contributed by atoms with E-state index >= 15 is 0 Å². The van der Waals surface area contributed by atoms with E-state index in [1.165, 1.54) is 24.9 Å². The Morgan fingerprint density at radius 1 is 1.21 bits per heavy atom. The summed E-state index contributed by atoms with van der Waals surface area (Å²) in [5.41, 5.74) is 1.48. The Labute approximate surface area is 86.7 Å². The van der Waals surface area contributed by atoms with Gasteiger partial charge in [-0.25, -0.2) is 0 Å². The molecule has 1 heteroatoms. The van der Waals surface area contributed by atoms with Gasteiger partial charge in [0, 0.05) is 12.1 Å². The average Bonchev–Trinajstić information content (AvgIpc) is 2.61. The molecule has 0 aromatic heterocycles. The molecule has 0 radical (unpaired) electrons. The zero-order chi connectivity index (χ0) is 9.97. The lowest BCUT2D eigenvalue weighted by Gasteiger charge is -2.27. The second-order valence-corrected chi connectivity index (χ2v) is 4.18. The predicted molar refractivity (Wildman–Crippen MR) is 60.3 cm³/mol. The zero-order valence-electron chi connectivity index (χ0n) is 9.11. The van der Waals surface area contributed by atoms with Crippen molar-refractivity contribution in [3.05, 3.63) is 35.9 Å². The highest BCUT2D eigenvalue weighted by Gasteiger charge is 2.29. The Hall–Kier alpha value is -0.820. The van der Waals surface area contributed by atoms with Gasteiger partial charge in [0.2, 0.25) is 0 Å². The van der Waals surface area contributed by atoms with Crippen LogP contribution in [0.3, 0.4) is 0 Å². The number of hydrogen-bond acceptors (Lipinski definition) is 1. The third kappa shape index (κ3) is 1.69. The molecule has 1 fully saturated rings. The fourth-order valence-corrected chi connectivity index (χ4v) is 2.60. The molecule has 1 aromatic carbocycles. The summed E-state index contributed by atoms with van der Waals surface area (Å²) in [6.45, 7) is 5.77. The van der Waals surface area contributed by atoms with E-state index in [1.807, 2.05) is 0 Å². The minimum absolute atomic E-state index is 0.663. The van der Waals surface area contributed by atoms with E-state index < -0.39 is 0 Å². The number of hydrogen-bond donors (Lipinski definition) is 0. The van der Waals surface area contributed by atoms with Gasteiger partial charge < -0.3 is 0 Å². The highest BCUT2D eigenvalue weighted by atomic mass is 15.2. The molecule has 1 heterocycles. The van der Waals surface area contributed by atoms with Gasteiger partial charge in [0.15, 0.2) is 0 Å². The summed E-state index contributed by atoms with van der Waals surface area (Å²) in [6.07, 6.45) is 2.66. The van der Waals surface area contributed by atoms with Crippen molar-refractivity contribution in [2.24, 2.45) is 0 Å². The normalized spacial score (nSPS) is 28.1. The van der Waals surface area contributed by atoms with Crippen molar-refractivity contribution in [3.63, 3.8) is 0 Å². The smallest absolute Gasteiger partial charge is 0.0351 e. The van der Waals surface area contributed by atoms with E-state index in [0.29, 0.717) is 6.04 Å². The molecular formula is C13H19N. The number of likely N-dealkylation sites (tertiary alicyclic amines) is 1. The molecule has 0 aliphatic carbocycles. The molecular weight excluding hydrogens is 170 g/mol. The fraction of sp³-hybridized carbons (Fsp3) is 0.538. The number of nitrogens with zero attached hydrogens (tertiary/aromatic N) is 1. The first kappa shape index (κ1) is 9.72. The molecule has 2 atom stereocenters. The Morgan fingerprint density at radius 2 is 1.93 bits per heavy atom. The van der Waals surface area contributed by atoms with Gasteiger partial charge in [-0.3, -0.25) is 4.90 Å². The van der Waals surface area contributed by atoms with Crippen LogP contribution in [0.1, 0.15) is 38.3 Å². The molecule has 1 nitrogen and oxygen atoms in total. The van der Waals surface area contributed by atoms with Gasteiger partial charge in [-0.05, 0) is 31.9 Å². The zero-order valence-corrected chi connectivity index (χ0v) is 9.11. The summed E-state index contributed by atoms with van der Waals surface area (Å²) in [5.74, 6) is 0. The topological polar surface area (TPSA) is 3.24 Å². The lowest BCUT2D eigenvalue weighted by molar-refractivity contribution is 0.216. The second kappa shape index (κ2) is 4.14. The molecule has 1 aliphatic rings. The fourth-order valence-electron chi connectivity index (χ4n) is 2.60. The molecule has 2 rings (SSSR count). The van der Waals surface area contributed by atoms with Crippen molar-refractivity contribution in [2.75, 3.05) is 6.54 Å². The van der Waals surface area contributed by atoms with E-state index in [1.54, 1.807) is 0 Å². The summed E-state index contributed by atoms with van der Waals surface area (Å²) in [4.78, 5) is 2.61. The maximum absolute atomic E-state index is 2.61. The molecule has 1 aliphatic heterocycles. The molecule has 0 saturated carbocycles. The average molecular weight is 189 g/mol. The summed E-state index contributed by atoms with van der Waals surface area (Å²) >= 11 is 0. The largest absolute Gasteiger partial charge is 0.294 e. The van der Waals surface area contributed by atoms with E-state index in [0.717, 1.165) is 6.04 Å². The van der Waals surface area contributed by atoms with Crippen LogP contribution in [0.25, 0.3) is 0 Å². The van der Waals surface area contributed by atoms with Crippen LogP contribution >= 0.6 is 0 Å². The summed E-state index contributed by atoms with van der Waals surface area (Å²) < 4.78 is 0. The van der Waals surface area contributed by atoms with Gasteiger partial charge >= 0.3 is 0 Å². The highest BCUT2D eigenvalue weighted by molar-refractivity contribution is 5.20. The Morgan fingerprint density at radius 3 is 2.57 bits per heavy atom. The Balaban J connectivity index is 2.19. The Bertz CT molecular complexity index is 281. The third-order valence-corrected chi connectivity index (χ3v) is 3.37. The summed E-state index contributed by atoms with van der Waals surface area (Å²) in [5, 5.41) is 0. The van der Waals surface area contributed by atoms with Crippen molar-refractivity contribution in [1.82, 2.24) is 4.90 Å². The van der Waals surface area contributed by atoms with Crippen LogP contribution in [0, 0.1) is 0 Å². The van der Waals surface area contributed by atoms with Crippen LogP contribution in [-0.4, -0.2) is 17.5 Å². The lowest BCUT2D eigenvalue weighted by atomic mass is 10.0. The van der Waals surface area contributed by atoms with Gasteiger partial charge in [-0.15, -0.1) is 0 Å². The second-order valence-electron chi connectivity index (χ2n) is 4.18. The van der Waals surface area contributed by atoms with E-state index in [-0.39, 0.29) is 0 Å². The lowest BCUT2D eigenvalue weighted by Crippen LogP contribution is -2.29. The standard InChI is InChI=1S/C13H19N/c1-3-14-11(2)9-10-13(14)12-7-5-4-6-8-12/h4-8,11,13H,3,9-10H2,1-2H3/t11-,13-/m0/s1. The van der Waals surface area contributed by atoms with Crippen LogP contribution in [0.5, 0.6) is 0 Å². The van der Waals surface area contributed by atoms with Crippen LogP contribution < -0.4 is 0 Å². The summed E-state index contributed by atoms with van der Waals surface area (Å²) in [7, 11) is 0. The van der Waals surface area contributed by atoms with E-state index in [9.17, 15) is 0 Å². The van der Waals surface area contributed by atoms with E-state index in [4.69, 9.17) is 0 Å². The maximum Gasteiger partial charge on any atom is 0.0351 e. The van der Waals surface area contributed by atoms with Gasteiger partial charge in [0.1, 0.15) is 0 Å². The van der Waals surface area contributed by atoms with Crippen molar-refractivity contribution < 1.29 is 0 Å². The van der Waals surface area contributed by atoms with Crippen molar-refractivity contribution in [1.29, 1.82) is 0 Å². The molecule has 0 unspecified atom stereocenters. The molecule has 76 valence electrons. The quantitative estimate of drug-likeness (QED) is 0.690. The van der Waals surface area contributed by atoms with Gasteiger partial charge in [-0.2, -0.15) is 0 Å². The number of rotatable bonds is 2. The molecule has 0 bridgehead atoms. The van der Waals surface area contributed by atoms with Gasteiger partial charge in [0.25, 0.3) is 0 Å². The Kier molecular flexibility index (Phi) is 2.87.